The molecular weight excluding hydrogens is 519 g/mol. The number of carbonyl (C=O) groups excluding carboxylic acids is 3. The van der Waals surface area contributed by atoms with Gasteiger partial charge < -0.3 is 25.2 Å². The van der Waals surface area contributed by atoms with Gasteiger partial charge in [0.25, 0.3) is 5.91 Å². The number of hydroxylamine groups is 1. The Balaban J connectivity index is 1.84. The Hall–Kier alpha value is -3.06. The van der Waals surface area contributed by atoms with Crippen molar-refractivity contribution < 1.29 is 37.5 Å². The average molecular weight is 558 g/mol. The molecule has 218 valence electrons. The second kappa shape index (κ2) is 12.9. The molecule has 1 aromatic rings. The molecule has 0 aromatic heterocycles. The van der Waals surface area contributed by atoms with Crippen LogP contribution in [-0.4, -0.2) is 73.4 Å². The molecule has 0 radical (unpaired) electrons. The van der Waals surface area contributed by atoms with Gasteiger partial charge >= 0.3 is 12.2 Å². The molecule has 1 aliphatic carbocycles. The molecule has 0 spiro atoms. The summed E-state index contributed by atoms with van der Waals surface area (Å²) in [5, 5.41) is 14.2. The van der Waals surface area contributed by atoms with Crippen LogP contribution in [0.15, 0.2) is 18.2 Å². The van der Waals surface area contributed by atoms with Crippen molar-refractivity contribution in [2.45, 2.75) is 58.7 Å². The third-order valence-corrected chi connectivity index (χ3v) is 7.04. The second-order valence-electron chi connectivity index (χ2n) is 11.1. The van der Waals surface area contributed by atoms with Crippen LogP contribution in [0.4, 0.5) is 29.3 Å². The highest BCUT2D eigenvalue weighted by Gasteiger charge is 2.38. The van der Waals surface area contributed by atoms with Gasteiger partial charge in [0.1, 0.15) is 12.6 Å². The van der Waals surface area contributed by atoms with E-state index in [-0.39, 0.29) is 18.2 Å². The lowest BCUT2D eigenvalue weighted by Crippen LogP contribution is -2.57. The van der Waals surface area contributed by atoms with Crippen molar-refractivity contribution in [3.05, 3.63) is 23.8 Å². The van der Waals surface area contributed by atoms with Crippen LogP contribution in [0, 0.1) is 11.3 Å². The Morgan fingerprint density at radius 3 is 2.33 bits per heavy atom. The Labute approximate surface area is 226 Å². The highest BCUT2D eigenvalue weighted by molar-refractivity contribution is 5.97. The minimum absolute atomic E-state index is 0.0493. The van der Waals surface area contributed by atoms with E-state index >= 15 is 0 Å². The number of benzene rings is 1. The van der Waals surface area contributed by atoms with Crippen molar-refractivity contribution in [2.75, 3.05) is 49.6 Å². The third kappa shape index (κ3) is 8.46. The van der Waals surface area contributed by atoms with E-state index in [1.807, 2.05) is 4.90 Å². The van der Waals surface area contributed by atoms with Gasteiger partial charge in [-0.1, -0.05) is 33.6 Å². The summed E-state index contributed by atoms with van der Waals surface area (Å²) in [5.74, 6) is -1.10. The molecule has 39 heavy (non-hydrogen) atoms. The van der Waals surface area contributed by atoms with E-state index in [1.54, 1.807) is 26.3 Å². The van der Waals surface area contributed by atoms with Gasteiger partial charge in [0.15, 0.2) is 0 Å². The fraction of sp³-hybridized carbons (Fsp3) is 0.654. The van der Waals surface area contributed by atoms with Crippen LogP contribution in [-0.2, 0) is 20.5 Å². The minimum atomic E-state index is -4.62. The summed E-state index contributed by atoms with van der Waals surface area (Å²) in [6, 6.07) is 1.18. The first-order chi connectivity index (χ1) is 18.3. The number of anilines is 2. The molecule has 13 heteroatoms. The Morgan fingerprint density at radius 2 is 1.77 bits per heavy atom. The SMILES string of the molecule is CC(C)(C)C(NC(=O)Nc1cc(C(F)(F)F)ccc1N1CCOCC1)C(=O)N(CC(=O)NO)CC1CCCC1. The smallest absolute Gasteiger partial charge is 0.378 e. The lowest BCUT2D eigenvalue weighted by Gasteiger charge is -2.36. The van der Waals surface area contributed by atoms with E-state index < -0.39 is 47.6 Å². The largest absolute Gasteiger partial charge is 0.416 e. The maximum Gasteiger partial charge on any atom is 0.416 e. The quantitative estimate of drug-likeness (QED) is 0.286. The average Bonchev–Trinajstić information content (AvgIpc) is 3.39. The minimum Gasteiger partial charge on any atom is -0.378 e. The molecule has 1 aliphatic heterocycles. The van der Waals surface area contributed by atoms with Gasteiger partial charge in [0.2, 0.25) is 5.91 Å². The number of rotatable bonds is 8. The molecule has 0 bridgehead atoms. The fourth-order valence-corrected chi connectivity index (χ4v) is 4.96. The number of halogens is 3. The number of hydrogen-bond donors (Lipinski definition) is 4. The monoisotopic (exact) mass is 557 g/mol. The number of urea groups is 1. The van der Waals surface area contributed by atoms with Gasteiger partial charge in [0.05, 0.1) is 30.2 Å². The first kappa shape index (κ1) is 30.5. The number of nitrogens with one attached hydrogen (secondary N) is 3. The van der Waals surface area contributed by atoms with E-state index in [0.29, 0.717) is 32.0 Å². The van der Waals surface area contributed by atoms with E-state index in [2.05, 4.69) is 10.6 Å². The normalized spacial score (nSPS) is 17.5. The van der Waals surface area contributed by atoms with Gasteiger partial charge in [-0.05, 0) is 42.4 Å². The van der Waals surface area contributed by atoms with Crippen molar-refractivity contribution in [2.24, 2.45) is 11.3 Å². The lowest BCUT2D eigenvalue weighted by atomic mass is 9.85. The zero-order valence-corrected chi connectivity index (χ0v) is 22.6. The number of morpholine rings is 1. The van der Waals surface area contributed by atoms with Crippen molar-refractivity contribution >= 4 is 29.2 Å². The number of amides is 4. The number of ether oxygens (including phenoxy) is 1. The van der Waals surface area contributed by atoms with Gasteiger partial charge in [-0.2, -0.15) is 13.2 Å². The number of alkyl halides is 3. The summed E-state index contributed by atoms with van der Waals surface area (Å²) in [5.41, 5.74) is 0.172. The van der Waals surface area contributed by atoms with Crippen molar-refractivity contribution in [3.63, 3.8) is 0 Å². The molecule has 1 saturated heterocycles. The first-order valence-electron chi connectivity index (χ1n) is 13.1. The van der Waals surface area contributed by atoms with Crippen LogP contribution in [0.5, 0.6) is 0 Å². The number of hydrogen-bond acceptors (Lipinski definition) is 6. The molecule has 1 unspecified atom stereocenters. The molecule has 1 saturated carbocycles. The Kier molecular flexibility index (Phi) is 10.1. The van der Waals surface area contributed by atoms with Crippen LogP contribution in [0.1, 0.15) is 52.0 Å². The second-order valence-corrected chi connectivity index (χ2v) is 11.1. The van der Waals surface area contributed by atoms with Crippen molar-refractivity contribution in [1.82, 2.24) is 15.7 Å². The van der Waals surface area contributed by atoms with Gasteiger partial charge in [-0.15, -0.1) is 0 Å². The van der Waals surface area contributed by atoms with E-state index in [0.717, 1.165) is 37.8 Å². The van der Waals surface area contributed by atoms with Gasteiger partial charge in [0, 0.05) is 19.6 Å². The molecule has 1 atom stereocenters. The van der Waals surface area contributed by atoms with Crippen molar-refractivity contribution in [1.29, 1.82) is 0 Å². The van der Waals surface area contributed by atoms with E-state index in [1.165, 1.54) is 11.0 Å². The lowest BCUT2D eigenvalue weighted by molar-refractivity contribution is -0.142. The summed E-state index contributed by atoms with van der Waals surface area (Å²) < 4.78 is 45.8. The molecule has 1 heterocycles. The molecule has 2 aliphatic rings. The molecule has 2 fully saturated rings. The fourth-order valence-electron chi connectivity index (χ4n) is 4.96. The Bertz CT molecular complexity index is 1020. The highest BCUT2D eigenvalue weighted by atomic mass is 19.4. The van der Waals surface area contributed by atoms with Crippen LogP contribution in [0.25, 0.3) is 0 Å². The van der Waals surface area contributed by atoms with Crippen LogP contribution >= 0.6 is 0 Å². The van der Waals surface area contributed by atoms with Gasteiger partial charge in [-0.25, -0.2) is 10.3 Å². The summed E-state index contributed by atoms with van der Waals surface area (Å²) in [4.78, 5) is 42.0. The third-order valence-electron chi connectivity index (χ3n) is 7.04. The molecule has 10 nitrogen and oxygen atoms in total. The maximum absolute atomic E-state index is 13.7. The number of carbonyl (C=O) groups is 3. The summed E-state index contributed by atoms with van der Waals surface area (Å²) in [7, 11) is 0. The molecular formula is C26H38F3N5O5. The maximum atomic E-state index is 13.7. The molecule has 4 amide bonds. The van der Waals surface area contributed by atoms with Gasteiger partial charge in [-0.3, -0.25) is 14.8 Å². The zero-order chi connectivity index (χ0) is 28.8. The molecule has 4 N–H and O–H groups in total. The standard InChI is InChI=1S/C26H38F3N5O5/c1-25(2,3)22(23(36)34(16-21(35)32-38)15-17-6-4-5-7-17)31-24(37)30-19-14-18(26(27,28)29)8-9-20(19)33-10-12-39-13-11-33/h8-9,14,17,22,38H,4-7,10-13,15-16H2,1-3H3,(H,32,35)(H2,30,31,37). The van der Waals surface area contributed by atoms with E-state index in [4.69, 9.17) is 9.94 Å². The van der Waals surface area contributed by atoms with Crippen LogP contribution in [0.2, 0.25) is 0 Å². The highest BCUT2D eigenvalue weighted by Crippen LogP contribution is 2.36. The van der Waals surface area contributed by atoms with Crippen LogP contribution in [0.3, 0.4) is 0 Å². The van der Waals surface area contributed by atoms with Crippen molar-refractivity contribution in [3.8, 4) is 0 Å². The zero-order valence-electron chi connectivity index (χ0n) is 22.6. The van der Waals surface area contributed by atoms with Crippen LogP contribution < -0.4 is 21.0 Å². The number of nitrogens with zero attached hydrogens (tertiary/aromatic N) is 2. The molecule has 1 aromatic carbocycles. The molecule has 3 rings (SSSR count). The predicted molar refractivity (Wildman–Crippen MR) is 138 cm³/mol. The Morgan fingerprint density at radius 1 is 1.13 bits per heavy atom. The first-order valence-corrected chi connectivity index (χ1v) is 13.1. The summed E-state index contributed by atoms with van der Waals surface area (Å²) in [6.45, 7) is 6.77. The summed E-state index contributed by atoms with van der Waals surface area (Å²) in [6.07, 6.45) is -0.777. The topological polar surface area (TPSA) is 123 Å². The summed E-state index contributed by atoms with van der Waals surface area (Å²) >= 11 is 0. The van der Waals surface area contributed by atoms with E-state index in [9.17, 15) is 27.6 Å². The predicted octanol–water partition coefficient (Wildman–Crippen LogP) is 3.60.